The maximum atomic E-state index is 12.2. The van der Waals surface area contributed by atoms with E-state index in [1.54, 1.807) is 23.0 Å². The maximum Gasteiger partial charge on any atom is 0.189 e. The molecule has 1 aromatic carbocycles. The molecule has 0 aliphatic rings. The smallest absolute Gasteiger partial charge is 0.189 e. The zero-order valence-corrected chi connectivity index (χ0v) is 13.5. The average Bonchev–Trinajstić information content (AvgIpc) is 2.83. The Morgan fingerprint density at radius 1 is 1.41 bits per heavy atom. The van der Waals surface area contributed by atoms with E-state index in [1.165, 1.54) is 0 Å². The van der Waals surface area contributed by atoms with Gasteiger partial charge in [-0.3, -0.25) is 9.48 Å². The van der Waals surface area contributed by atoms with E-state index in [0.717, 1.165) is 17.0 Å². The van der Waals surface area contributed by atoms with Crippen LogP contribution in [0.15, 0.2) is 36.5 Å². The molecule has 2 rings (SSSR count). The number of aromatic nitrogens is 2. The summed E-state index contributed by atoms with van der Waals surface area (Å²) >= 11 is 0. The van der Waals surface area contributed by atoms with Gasteiger partial charge in [0.05, 0.1) is 18.4 Å². The van der Waals surface area contributed by atoms with Gasteiger partial charge in [0, 0.05) is 12.7 Å². The van der Waals surface area contributed by atoms with Gasteiger partial charge < -0.3 is 4.74 Å². The maximum absolute atomic E-state index is 12.2. The van der Waals surface area contributed by atoms with Crippen LogP contribution < -0.4 is 4.74 Å². The molecule has 0 aliphatic carbocycles. The Bertz CT molecular complexity index is 684. The van der Waals surface area contributed by atoms with Crippen LogP contribution in [0.1, 0.15) is 35.5 Å². The van der Waals surface area contributed by atoms with E-state index in [2.05, 4.69) is 18.9 Å². The number of carbonyl (C=O) groups excluding carboxylic acids is 1. The number of aryl methyl sites for hydroxylation is 1. The summed E-state index contributed by atoms with van der Waals surface area (Å²) in [6.07, 6.45) is 4.98. The largest absolute Gasteiger partial charge is 0.493 e. The van der Waals surface area contributed by atoms with E-state index in [4.69, 9.17) is 4.74 Å². The lowest BCUT2D eigenvalue weighted by Gasteiger charge is -2.08. The first-order valence-electron chi connectivity index (χ1n) is 7.41. The summed E-state index contributed by atoms with van der Waals surface area (Å²) in [5, 5.41) is 4.09. The number of carbonyl (C=O) groups is 1. The van der Waals surface area contributed by atoms with Gasteiger partial charge in [0.15, 0.2) is 5.78 Å². The Hall–Kier alpha value is -2.36. The Labute approximate surface area is 131 Å². The van der Waals surface area contributed by atoms with Crippen molar-refractivity contribution in [1.29, 1.82) is 0 Å². The van der Waals surface area contributed by atoms with E-state index in [1.807, 2.05) is 38.2 Å². The number of hydrogen-bond acceptors (Lipinski definition) is 3. The fraction of sp³-hybridized carbons (Fsp3) is 0.333. The highest BCUT2D eigenvalue weighted by molar-refractivity contribution is 6.07. The predicted molar refractivity (Wildman–Crippen MR) is 88.1 cm³/mol. The molecule has 0 N–H and O–H groups in total. The highest BCUT2D eigenvalue weighted by Gasteiger charge is 2.09. The van der Waals surface area contributed by atoms with Gasteiger partial charge in [-0.25, -0.2) is 0 Å². The number of rotatable bonds is 6. The molecule has 22 heavy (non-hydrogen) atoms. The Morgan fingerprint density at radius 2 is 2.18 bits per heavy atom. The number of allylic oxidation sites excluding steroid dienone is 1. The molecule has 1 heterocycles. The van der Waals surface area contributed by atoms with Crippen LogP contribution in [0.3, 0.4) is 0 Å². The molecule has 116 valence electrons. The number of ketones is 1. The van der Waals surface area contributed by atoms with Gasteiger partial charge >= 0.3 is 0 Å². The summed E-state index contributed by atoms with van der Waals surface area (Å²) in [6, 6.07) is 7.73. The summed E-state index contributed by atoms with van der Waals surface area (Å²) in [5.74, 6) is 1.26. The van der Waals surface area contributed by atoms with Gasteiger partial charge in [0.2, 0.25) is 0 Å². The highest BCUT2D eigenvalue weighted by atomic mass is 16.5. The molecule has 0 aliphatic heterocycles. The van der Waals surface area contributed by atoms with E-state index < -0.39 is 0 Å². The van der Waals surface area contributed by atoms with E-state index >= 15 is 0 Å². The normalized spacial score (nSPS) is 11.3. The fourth-order valence-corrected chi connectivity index (χ4v) is 1.97. The van der Waals surface area contributed by atoms with Crippen molar-refractivity contribution < 1.29 is 9.53 Å². The Morgan fingerprint density at radius 3 is 2.82 bits per heavy atom. The summed E-state index contributed by atoms with van der Waals surface area (Å²) in [7, 11) is 1.82. The lowest BCUT2D eigenvalue weighted by molar-refractivity contribution is 0.104. The summed E-state index contributed by atoms with van der Waals surface area (Å²) in [6.45, 7) is 6.78. The standard InChI is InChI=1S/C18H22N2O2/c1-13(2)12-22-16-7-5-6-15(10-16)8-9-18(21)17-11-19-20(4)14(17)3/h5-11,13H,12H2,1-4H3/b9-8+. The second-order valence-corrected chi connectivity index (χ2v) is 5.74. The minimum absolute atomic E-state index is 0.0425. The number of ether oxygens (including phenoxy) is 1. The summed E-state index contributed by atoms with van der Waals surface area (Å²) in [4.78, 5) is 12.2. The predicted octanol–water partition coefficient (Wildman–Crippen LogP) is 3.66. The molecule has 0 saturated carbocycles. The first kappa shape index (κ1) is 16.0. The minimum Gasteiger partial charge on any atom is -0.493 e. The van der Waals surface area contributed by atoms with E-state index in [-0.39, 0.29) is 5.78 Å². The molecule has 0 fully saturated rings. The number of nitrogens with zero attached hydrogens (tertiary/aromatic N) is 2. The average molecular weight is 298 g/mol. The van der Waals surface area contributed by atoms with Crippen molar-refractivity contribution in [3.8, 4) is 5.75 Å². The van der Waals surface area contributed by atoms with Gasteiger partial charge in [-0.05, 0) is 36.6 Å². The van der Waals surface area contributed by atoms with Crippen LogP contribution in [0.25, 0.3) is 6.08 Å². The van der Waals surface area contributed by atoms with Gasteiger partial charge in [-0.1, -0.05) is 32.1 Å². The minimum atomic E-state index is -0.0425. The van der Waals surface area contributed by atoms with Crippen LogP contribution in [-0.2, 0) is 7.05 Å². The molecule has 4 nitrogen and oxygen atoms in total. The Balaban J connectivity index is 2.08. The zero-order chi connectivity index (χ0) is 16.1. The van der Waals surface area contributed by atoms with Crippen LogP contribution >= 0.6 is 0 Å². The molecule has 1 aromatic heterocycles. The molecule has 4 heteroatoms. The third-order valence-electron chi connectivity index (χ3n) is 3.37. The van der Waals surface area contributed by atoms with Gasteiger partial charge in [0.1, 0.15) is 5.75 Å². The van der Waals surface area contributed by atoms with Crippen LogP contribution in [0.4, 0.5) is 0 Å². The van der Waals surface area contributed by atoms with Crippen molar-refractivity contribution in [2.24, 2.45) is 13.0 Å². The van der Waals surface area contributed by atoms with Crippen molar-refractivity contribution >= 4 is 11.9 Å². The van der Waals surface area contributed by atoms with Gasteiger partial charge in [0.25, 0.3) is 0 Å². The van der Waals surface area contributed by atoms with Crippen LogP contribution in [0, 0.1) is 12.8 Å². The number of hydrogen-bond donors (Lipinski definition) is 0. The van der Waals surface area contributed by atoms with Crippen molar-refractivity contribution in [2.45, 2.75) is 20.8 Å². The molecule has 0 unspecified atom stereocenters. The summed E-state index contributed by atoms with van der Waals surface area (Å²) in [5.41, 5.74) is 2.44. The summed E-state index contributed by atoms with van der Waals surface area (Å²) < 4.78 is 7.39. The van der Waals surface area contributed by atoms with Crippen LogP contribution in [-0.4, -0.2) is 22.2 Å². The fourth-order valence-electron chi connectivity index (χ4n) is 1.97. The molecule has 0 spiro atoms. The van der Waals surface area contributed by atoms with Gasteiger partial charge in [-0.15, -0.1) is 0 Å². The van der Waals surface area contributed by atoms with E-state index in [0.29, 0.717) is 18.1 Å². The van der Waals surface area contributed by atoms with Crippen molar-refractivity contribution in [3.63, 3.8) is 0 Å². The van der Waals surface area contributed by atoms with Crippen molar-refractivity contribution in [2.75, 3.05) is 6.61 Å². The second-order valence-electron chi connectivity index (χ2n) is 5.74. The number of benzene rings is 1. The first-order chi connectivity index (χ1) is 10.5. The monoisotopic (exact) mass is 298 g/mol. The highest BCUT2D eigenvalue weighted by Crippen LogP contribution is 2.16. The Kier molecular flexibility index (Phi) is 5.15. The topological polar surface area (TPSA) is 44.1 Å². The second kappa shape index (κ2) is 7.07. The third kappa shape index (κ3) is 4.07. The molecule has 0 bridgehead atoms. The lowest BCUT2D eigenvalue weighted by atomic mass is 10.1. The quantitative estimate of drug-likeness (QED) is 0.604. The van der Waals surface area contributed by atoms with Crippen LogP contribution in [0.2, 0.25) is 0 Å². The van der Waals surface area contributed by atoms with Crippen molar-refractivity contribution in [1.82, 2.24) is 9.78 Å². The molecular formula is C18H22N2O2. The first-order valence-corrected chi connectivity index (χ1v) is 7.41. The molecule has 2 aromatic rings. The zero-order valence-electron chi connectivity index (χ0n) is 13.5. The molecule has 0 amide bonds. The molecular weight excluding hydrogens is 276 g/mol. The van der Waals surface area contributed by atoms with Gasteiger partial charge in [-0.2, -0.15) is 5.10 Å². The molecule has 0 atom stereocenters. The van der Waals surface area contributed by atoms with Crippen molar-refractivity contribution in [3.05, 3.63) is 53.4 Å². The van der Waals surface area contributed by atoms with Crippen LogP contribution in [0.5, 0.6) is 5.75 Å². The SMILES string of the molecule is Cc1c(C(=O)/C=C/c2cccc(OCC(C)C)c2)cnn1C. The third-order valence-corrected chi connectivity index (χ3v) is 3.37. The lowest BCUT2D eigenvalue weighted by Crippen LogP contribution is -2.04. The van der Waals surface area contributed by atoms with E-state index in [9.17, 15) is 4.79 Å². The molecule has 0 radical (unpaired) electrons. The molecule has 0 saturated heterocycles.